The first kappa shape index (κ1) is 111. The predicted octanol–water partition coefficient (Wildman–Crippen LogP) is 18.0. The number of hydrazine groups is 1. The number of methoxy groups -OCH3 is 5. The second-order valence-corrected chi connectivity index (χ2v) is 34.6. The van der Waals surface area contributed by atoms with Gasteiger partial charge in [0.15, 0.2) is 11.5 Å². The third-order valence-corrected chi connectivity index (χ3v) is 23.5. The quantitative estimate of drug-likeness (QED) is 0.00597. The fraction of sp³-hybridized carbons (Fsp3) is 0.478. The summed E-state index contributed by atoms with van der Waals surface area (Å²) >= 11 is 28.4. The van der Waals surface area contributed by atoms with Gasteiger partial charge in [-0.05, 0) is 207 Å². The van der Waals surface area contributed by atoms with E-state index < -0.39 is 59.5 Å². The lowest BCUT2D eigenvalue weighted by molar-refractivity contribution is -0.231. The molecule has 0 amide bonds. The number of carbonyl (C=O) groups is 10. The highest BCUT2D eigenvalue weighted by atomic mass is 35.5. The number of esters is 6. The Morgan fingerprint density at radius 2 is 1.01 bits per heavy atom. The van der Waals surface area contributed by atoms with Crippen molar-refractivity contribution in [3.05, 3.63) is 193 Å². The molecule has 32 nitrogen and oxygen atoms in total. The number of aromatic carboxylic acids is 1. The van der Waals surface area contributed by atoms with Crippen molar-refractivity contribution in [1.82, 2.24) is 48.7 Å². The molecule has 1 atom stereocenters. The van der Waals surface area contributed by atoms with Gasteiger partial charge in [-0.25, -0.2) is 38.2 Å². The van der Waals surface area contributed by atoms with Gasteiger partial charge in [-0.1, -0.05) is 84.9 Å². The zero-order chi connectivity index (χ0) is 97.3. The van der Waals surface area contributed by atoms with Crippen molar-refractivity contribution >= 4 is 140 Å². The van der Waals surface area contributed by atoms with Crippen LogP contribution in [0.2, 0.25) is 20.1 Å². The Hall–Kier alpha value is -10.5. The number of nitrogens with one attached hydrogen (secondary N) is 1. The average molecular weight is 1980 g/mol. The van der Waals surface area contributed by atoms with Gasteiger partial charge in [0, 0.05) is 122 Å². The molecule has 6 saturated carbocycles. The molecule has 0 spiro atoms. The number of nitrogen functional groups attached to an aromatic ring is 2. The summed E-state index contributed by atoms with van der Waals surface area (Å²) in [5, 5.41) is 24.9. The maximum atomic E-state index is 12.4. The Bertz CT molecular complexity index is 5140. The molecule has 726 valence electrons. The van der Waals surface area contributed by atoms with Gasteiger partial charge in [0.2, 0.25) is 11.7 Å². The summed E-state index contributed by atoms with van der Waals surface area (Å²) in [4.78, 5) is 118. The summed E-state index contributed by atoms with van der Waals surface area (Å²) in [7, 11) is 14.5. The molecule has 0 radical (unpaired) electrons. The minimum atomic E-state index is -4.49. The van der Waals surface area contributed by atoms with Gasteiger partial charge in [0.05, 0.1) is 86.4 Å². The van der Waals surface area contributed by atoms with Crippen LogP contribution in [-0.2, 0) is 82.4 Å². The van der Waals surface area contributed by atoms with Crippen LogP contribution in [0.25, 0.3) is 17.1 Å². The van der Waals surface area contributed by atoms with Crippen molar-refractivity contribution in [3.8, 4) is 17.1 Å². The van der Waals surface area contributed by atoms with Crippen LogP contribution < -0.4 is 17.0 Å². The maximum Gasteiger partial charge on any atom is 0.434 e. The van der Waals surface area contributed by atoms with Crippen LogP contribution in [0.15, 0.2) is 134 Å². The van der Waals surface area contributed by atoms with Crippen molar-refractivity contribution in [3.63, 3.8) is 0 Å². The number of aryl methyl sites for hydroxylation is 1. The number of cyclic esters (lactones) is 3. The summed E-state index contributed by atoms with van der Waals surface area (Å²) in [6.45, 7) is 4.70. The highest BCUT2D eigenvalue weighted by Gasteiger charge is 2.40. The number of carbonyl (C=O) groups excluding carboxylic acids is 9. The van der Waals surface area contributed by atoms with Crippen LogP contribution in [0.1, 0.15) is 222 Å². The molecule has 1 unspecified atom stereocenters. The molecule has 4 aromatic heterocycles. The topological polar surface area (TPSA) is 407 Å². The van der Waals surface area contributed by atoms with E-state index in [1.165, 1.54) is 91.2 Å². The number of nitrogens with two attached hydrogens (primary N) is 2. The average Bonchev–Trinajstić information content (AvgIpc) is 1.65. The van der Waals surface area contributed by atoms with Gasteiger partial charge in [-0.2, -0.15) is 28.5 Å². The number of rotatable bonds is 21. The normalized spacial score (nSPS) is 16.5. The number of Topliss-reactive ketones (excluding diaryl/α,β-unsaturated/α-hetero) is 2. The molecule has 16 rings (SSSR count). The highest BCUT2D eigenvalue weighted by Crippen LogP contribution is 2.43. The molecular weight excluding hydrogens is 1860 g/mol. The number of carboxylic acid groups (broad SMARTS) is 1. The lowest BCUT2D eigenvalue weighted by atomic mass is 9.80. The number of hydrogen-bond acceptors (Lipinski definition) is 27. The van der Waals surface area contributed by atoms with Gasteiger partial charge in [0.1, 0.15) is 47.2 Å². The van der Waals surface area contributed by atoms with E-state index in [-0.39, 0.29) is 90.2 Å². The summed E-state index contributed by atoms with van der Waals surface area (Å²) in [6, 6.07) is 28.9. The van der Waals surface area contributed by atoms with Gasteiger partial charge < -0.3 is 63.6 Å². The van der Waals surface area contributed by atoms with Crippen LogP contribution in [0.3, 0.4) is 0 Å². The van der Waals surface area contributed by atoms with E-state index in [0.717, 1.165) is 140 Å². The molecule has 6 aliphatic carbocycles. The standard InChI is InChI=1S/C15H15ClN2O2.C14H13ClN2O2.C13H14ClN3.C11H17NO3.C9H9F3N2O2.C8H12O3.C6H7ClN2.C6H8O4.C5H7ClO.C5H13NO2.ClH/c1-20-15(19)13-9-17-18(14(13)10-3-2-4-10)12-7-5-11(16)6-8-12;15-10-4-6-11(7-5-10)17-13(9-2-1-3-9)12(8-16-17)14(18)19;14-10-4-6-11(7-5-10)17-13(9-2-1-3-9)12(15)8-16-17;1-12(2)7-9(11(14)15-3)10(13)8-5-4-6-8;1-5-13-7(9(10,11)12)4-14(5)6-2-3-16-8(6)15;1-11-8(10)5-7(9)6-3-2-4-6;7-5-1-3-6(9-8)4-2-5;1-6(2)9-4(7)3-5(8)10-6;6-5(7)4-2-1-3-4;1-6(2)5(7-3)8-4;/h5-10H,2-4H2,1H3;4-9H,1-3H2,(H,18,19);4-9H,1-3,15H2;7-8H,4-6H2,1-3H3;4,6H,2-3H2,1H3;6H,2-5H2,1H3;1-4,9H,8H2;3H2,1-2H3;4H,1-3H2;5H,1-4H3;1H/b;;;9-7-;;;;;;;. The monoisotopic (exact) mass is 1970 g/mol. The van der Waals surface area contributed by atoms with Crippen LogP contribution in [-0.4, -0.2) is 195 Å². The third kappa shape index (κ3) is 33.8. The smallest absolute Gasteiger partial charge is 0.434 e. The molecule has 8 aliphatic rings. The largest absolute Gasteiger partial charge is 0.478 e. The Morgan fingerprint density at radius 1 is 0.594 bits per heavy atom. The fourth-order valence-electron chi connectivity index (χ4n) is 13.8. The second-order valence-electron chi connectivity index (χ2n) is 32.5. The van der Waals surface area contributed by atoms with Crippen LogP contribution in [0.5, 0.6) is 0 Å². The van der Waals surface area contributed by atoms with Crippen molar-refractivity contribution in [2.75, 3.05) is 81.5 Å². The maximum absolute atomic E-state index is 12.4. The summed E-state index contributed by atoms with van der Waals surface area (Å²) in [5.41, 5.74) is 15.9. The molecule has 6 N–H and O–H groups in total. The summed E-state index contributed by atoms with van der Waals surface area (Å²) < 4.78 is 81.4. The minimum absolute atomic E-state index is 0. The first-order valence-electron chi connectivity index (χ1n) is 42.7. The van der Waals surface area contributed by atoms with Gasteiger partial charge >= 0.3 is 48.0 Å². The molecule has 0 bridgehead atoms. The number of nitrogens with zero attached hydrogens (tertiary/aromatic N) is 10. The number of anilines is 2. The molecule has 133 heavy (non-hydrogen) atoms. The predicted molar refractivity (Wildman–Crippen MR) is 497 cm³/mol. The number of halogens is 9. The number of benzene rings is 4. The number of ketones is 2. The number of alkyl halides is 3. The van der Waals surface area contributed by atoms with E-state index in [2.05, 4.69) is 44.7 Å². The lowest BCUT2D eigenvalue weighted by Gasteiger charge is -2.28. The van der Waals surface area contributed by atoms with Gasteiger partial charge in [0.25, 0.3) is 5.79 Å². The Balaban J connectivity index is 0.000000231. The van der Waals surface area contributed by atoms with E-state index in [0.29, 0.717) is 50.4 Å². The Morgan fingerprint density at radius 3 is 1.32 bits per heavy atom. The van der Waals surface area contributed by atoms with Crippen LogP contribution in [0, 0.1) is 24.7 Å². The number of ether oxygens (including phenoxy) is 8. The van der Waals surface area contributed by atoms with E-state index in [4.69, 9.17) is 88.5 Å². The third-order valence-electron chi connectivity index (χ3n) is 22.1. The molecule has 8 fully saturated rings. The summed E-state index contributed by atoms with van der Waals surface area (Å²) in [6.07, 6.45) is 21.9. The molecular formula is C92H116Cl6F3N13O19. The van der Waals surface area contributed by atoms with E-state index in [1.807, 2.05) is 101 Å². The number of hydrogen-bond donors (Lipinski definition) is 4. The van der Waals surface area contributed by atoms with E-state index >= 15 is 0 Å². The van der Waals surface area contributed by atoms with Crippen LogP contribution >= 0.6 is 70.4 Å². The zero-order valence-corrected chi connectivity index (χ0v) is 80.8. The molecule has 41 heteroatoms. The first-order chi connectivity index (χ1) is 62.7. The number of imidazole rings is 1. The van der Waals surface area contributed by atoms with Gasteiger partial charge in [-0.3, -0.25) is 39.5 Å². The molecule has 2 aliphatic heterocycles. The Labute approximate surface area is 801 Å². The van der Waals surface area contributed by atoms with E-state index in [9.17, 15) is 66.2 Å². The number of aromatic nitrogens is 8. The van der Waals surface area contributed by atoms with Gasteiger partial charge in [-0.15, -0.1) is 12.4 Å². The van der Waals surface area contributed by atoms with Crippen molar-refractivity contribution in [2.45, 2.75) is 198 Å². The van der Waals surface area contributed by atoms with Crippen LogP contribution in [0.4, 0.5) is 24.5 Å². The molecule has 4 aromatic carbocycles. The van der Waals surface area contributed by atoms with Crippen molar-refractivity contribution in [1.29, 1.82) is 0 Å². The SMILES string of the molecule is CC1(C)OC(=O)CC(=O)O1.COC(=O)/C(=C\N(C)C)C(=O)C1CCC1.COC(=O)CC(=O)C1CCC1.COC(=O)c1cnn(-c2ccc(Cl)cc2)c1C1CCC1.COC(OC)N(C)C.Cc1nc(C(F)(F)F)cn1C1CCOC1=O.Cl.NNc1ccc(Cl)cc1.Nc1cnn(-c2ccc(Cl)cc2)c1C1CCC1.O=C(Cl)C1CCC1.O=C(O)c1cnn(-c2ccc(Cl)cc2)c1C1CCC1. The van der Waals surface area contributed by atoms with E-state index in [1.54, 1.807) is 74.6 Å². The fourth-order valence-corrected chi connectivity index (χ4v) is 14.5. The number of carboxylic acids is 1. The Kier molecular flexibility index (Phi) is 45.3. The molecule has 6 heterocycles. The minimum Gasteiger partial charge on any atom is -0.478 e. The van der Waals surface area contributed by atoms with Crippen molar-refractivity contribution in [2.24, 2.45) is 23.6 Å². The summed E-state index contributed by atoms with van der Waals surface area (Å²) in [5.74, 6) is 2.02. The van der Waals surface area contributed by atoms with Crippen molar-refractivity contribution < 1.29 is 104 Å². The molecule has 2 saturated heterocycles. The first-order valence-corrected chi connectivity index (χ1v) is 44.6. The molecule has 8 aromatic rings. The zero-order valence-electron chi connectivity index (χ0n) is 76.2. The second kappa shape index (κ2) is 54.2. The lowest BCUT2D eigenvalue weighted by Crippen LogP contribution is -2.39. The highest BCUT2D eigenvalue weighted by molar-refractivity contribution is 6.64.